The molecule has 0 aliphatic rings. The van der Waals surface area contributed by atoms with Crippen LogP contribution in [0.2, 0.25) is 5.02 Å². The van der Waals surface area contributed by atoms with Crippen molar-refractivity contribution in [3.63, 3.8) is 0 Å². The number of anilines is 1. The van der Waals surface area contributed by atoms with Crippen molar-refractivity contribution in [1.82, 2.24) is 15.0 Å². The van der Waals surface area contributed by atoms with Crippen LogP contribution < -0.4 is 5.32 Å². The number of rotatable bonds is 6. The number of fused-ring (bicyclic) bond motifs is 1. The molecule has 4 aromatic rings. The first-order valence-corrected chi connectivity index (χ1v) is 10.9. The molecule has 1 amide bonds. The smallest absolute Gasteiger partial charge is 0.255 e. The summed E-state index contributed by atoms with van der Waals surface area (Å²) in [6, 6.07) is 17.5. The van der Waals surface area contributed by atoms with Crippen LogP contribution in [0.5, 0.6) is 0 Å². The lowest BCUT2D eigenvalue weighted by molar-refractivity contribution is 0.102. The summed E-state index contributed by atoms with van der Waals surface area (Å²) in [4.78, 5) is 14.3. The van der Waals surface area contributed by atoms with Crippen molar-refractivity contribution in [2.75, 3.05) is 5.32 Å². The fourth-order valence-corrected chi connectivity index (χ4v) is 3.83. The molecule has 1 N–H and O–H groups in total. The van der Waals surface area contributed by atoms with E-state index < -0.39 is 0 Å². The molecular weight excluding hydrogens is 408 g/mol. The molecule has 0 fully saturated rings. The van der Waals surface area contributed by atoms with E-state index in [0.29, 0.717) is 27.3 Å². The van der Waals surface area contributed by atoms with Gasteiger partial charge in [-0.1, -0.05) is 54.3 Å². The van der Waals surface area contributed by atoms with Crippen molar-refractivity contribution >= 4 is 34.2 Å². The van der Waals surface area contributed by atoms with E-state index in [2.05, 4.69) is 34.6 Å². The van der Waals surface area contributed by atoms with E-state index in [1.165, 1.54) is 18.4 Å². The molecule has 158 valence electrons. The molecule has 0 aliphatic heterocycles. The quantitative estimate of drug-likeness (QED) is 0.389. The topological polar surface area (TPSA) is 59.8 Å². The molecule has 0 radical (unpaired) electrons. The number of amides is 1. The molecule has 0 aliphatic carbocycles. The van der Waals surface area contributed by atoms with Crippen molar-refractivity contribution in [2.45, 2.75) is 40.0 Å². The Balaban J connectivity index is 1.59. The van der Waals surface area contributed by atoms with E-state index in [-0.39, 0.29) is 5.91 Å². The largest absolute Gasteiger partial charge is 0.321 e. The number of unbranched alkanes of at least 4 members (excludes halogenated alkanes) is 1. The minimum Gasteiger partial charge on any atom is -0.321 e. The van der Waals surface area contributed by atoms with Crippen LogP contribution in [0.4, 0.5) is 5.69 Å². The number of aryl methyl sites for hydroxylation is 3. The van der Waals surface area contributed by atoms with Gasteiger partial charge in [0.25, 0.3) is 5.91 Å². The Morgan fingerprint density at radius 1 is 0.968 bits per heavy atom. The van der Waals surface area contributed by atoms with Gasteiger partial charge < -0.3 is 5.32 Å². The zero-order valence-corrected chi connectivity index (χ0v) is 18.7. The molecule has 0 saturated carbocycles. The molecule has 5 nitrogen and oxygen atoms in total. The van der Waals surface area contributed by atoms with Gasteiger partial charge >= 0.3 is 0 Å². The highest BCUT2D eigenvalue weighted by Gasteiger charge is 2.13. The van der Waals surface area contributed by atoms with Crippen LogP contribution >= 0.6 is 11.6 Å². The van der Waals surface area contributed by atoms with Crippen LogP contribution in [0.15, 0.2) is 54.6 Å². The van der Waals surface area contributed by atoms with Gasteiger partial charge in [-0.2, -0.15) is 4.80 Å². The lowest BCUT2D eigenvalue weighted by Gasteiger charge is -2.08. The summed E-state index contributed by atoms with van der Waals surface area (Å²) in [5.41, 5.74) is 6.71. The predicted molar refractivity (Wildman–Crippen MR) is 126 cm³/mol. The van der Waals surface area contributed by atoms with Crippen LogP contribution in [0.3, 0.4) is 0 Å². The monoisotopic (exact) mass is 432 g/mol. The standard InChI is InChI=1S/C25H25ClN4O/c1-4-5-6-18-7-9-20(10-8-18)30-28-23-14-21(26)22(15-24(23)29-30)27-25(31)19-12-16(2)11-17(3)13-19/h7-15H,4-6H2,1-3H3,(H,27,31). The normalized spacial score (nSPS) is 11.1. The lowest BCUT2D eigenvalue weighted by atomic mass is 10.1. The third kappa shape index (κ3) is 4.78. The number of halogens is 1. The number of carbonyl (C=O) groups excluding carboxylic acids is 1. The Labute approximate surface area is 187 Å². The van der Waals surface area contributed by atoms with Gasteiger partial charge in [-0.3, -0.25) is 4.79 Å². The van der Waals surface area contributed by atoms with E-state index in [9.17, 15) is 4.79 Å². The van der Waals surface area contributed by atoms with Gasteiger partial charge in [-0.25, -0.2) is 0 Å². The Bertz CT molecular complexity index is 1220. The molecular formula is C25H25ClN4O. The second-order valence-electron chi connectivity index (χ2n) is 7.91. The predicted octanol–water partition coefficient (Wildman–Crippen LogP) is 6.29. The van der Waals surface area contributed by atoms with Crippen molar-refractivity contribution in [2.24, 2.45) is 0 Å². The zero-order chi connectivity index (χ0) is 22.0. The molecule has 31 heavy (non-hydrogen) atoms. The number of benzene rings is 3. The molecule has 0 atom stereocenters. The number of nitrogens with zero attached hydrogens (tertiary/aromatic N) is 3. The highest BCUT2D eigenvalue weighted by atomic mass is 35.5. The van der Waals surface area contributed by atoms with Gasteiger partial charge in [0.2, 0.25) is 0 Å². The number of hydrogen-bond donors (Lipinski definition) is 1. The molecule has 3 aromatic carbocycles. The highest BCUT2D eigenvalue weighted by molar-refractivity contribution is 6.34. The number of hydrogen-bond acceptors (Lipinski definition) is 3. The zero-order valence-electron chi connectivity index (χ0n) is 17.9. The molecule has 0 unspecified atom stereocenters. The van der Waals surface area contributed by atoms with Crippen LogP contribution in [0.25, 0.3) is 16.7 Å². The summed E-state index contributed by atoms with van der Waals surface area (Å²) in [5.74, 6) is -0.205. The van der Waals surface area contributed by atoms with Crippen LogP contribution in [-0.4, -0.2) is 20.9 Å². The van der Waals surface area contributed by atoms with Crippen LogP contribution in [-0.2, 0) is 6.42 Å². The Kier molecular flexibility index (Phi) is 6.05. The van der Waals surface area contributed by atoms with Crippen molar-refractivity contribution < 1.29 is 4.79 Å². The van der Waals surface area contributed by atoms with Crippen molar-refractivity contribution in [3.05, 3.63) is 81.9 Å². The Hall–Kier alpha value is -3.18. The second kappa shape index (κ2) is 8.90. The molecule has 0 saturated heterocycles. The van der Waals surface area contributed by atoms with Gasteiger partial charge in [0, 0.05) is 5.56 Å². The molecule has 6 heteroatoms. The Morgan fingerprint density at radius 3 is 2.26 bits per heavy atom. The molecule has 0 bridgehead atoms. The summed E-state index contributed by atoms with van der Waals surface area (Å²) >= 11 is 6.43. The van der Waals surface area contributed by atoms with E-state index in [0.717, 1.165) is 23.2 Å². The number of nitrogens with one attached hydrogen (secondary N) is 1. The third-order valence-corrected chi connectivity index (χ3v) is 5.50. The fourth-order valence-electron chi connectivity index (χ4n) is 3.63. The first kappa shape index (κ1) is 21.1. The summed E-state index contributed by atoms with van der Waals surface area (Å²) < 4.78 is 0. The van der Waals surface area contributed by atoms with Gasteiger partial charge in [-0.05, 0) is 68.7 Å². The first-order chi connectivity index (χ1) is 14.9. The maximum Gasteiger partial charge on any atom is 0.255 e. The summed E-state index contributed by atoms with van der Waals surface area (Å²) in [6.45, 7) is 6.13. The average molecular weight is 433 g/mol. The van der Waals surface area contributed by atoms with E-state index in [1.807, 2.05) is 44.2 Å². The molecule has 1 aromatic heterocycles. The summed E-state index contributed by atoms with van der Waals surface area (Å²) in [7, 11) is 0. The van der Waals surface area contributed by atoms with Gasteiger partial charge in [0.15, 0.2) is 0 Å². The lowest BCUT2D eigenvalue weighted by Crippen LogP contribution is -2.12. The highest BCUT2D eigenvalue weighted by Crippen LogP contribution is 2.27. The van der Waals surface area contributed by atoms with Crippen LogP contribution in [0, 0.1) is 13.8 Å². The van der Waals surface area contributed by atoms with Gasteiger partial charge in [0.1, 0.15) is 11.0 Å². The minimum atomic E-state index is -0.205. The minimum absolute atomic E-state index is 0.205. The number of carbonyl (C=O) groups is 1. The van der Waals surface area contributed by atoms with E-state index >= 15 is 0 Å². The second-order valence-corrected chi connectivity index (χ2v) is 8.32. The number of aromatic nitrogens is 3. The van der Waals surface area contributed by atoms with Crippen LogP contribution in [0.1, 0.15) is 46.8 Å². The van der Waals surface area contributed by atoms with Gasteiger partial charge in [-0.15, -0.1) is 10.2 Å². The third-order valence-electron chi connectivity index (χ3n) is 5.19. The Morgan fingerprint density at radius 2 is 1.61 bits per heavy atom. The van der Waals surface area contributed by atoms with Crippen molar-refractivity contribution in [1.29, 1.82) is 0 Å². The maximum absolute atomic E-state index is 12.7. The summed E-state index contributed by atoms with van der Waals surface area (Å²) in [6.07, 6.45) is 3.43. The fraction of sp³-hybridized carbons (Fsp3) is 0.240. The van der Waals surface area contributed by atoms with E-state index in [4.69, 9.17) is 11.6 Å². The molecule has 0 spiro atoms. The van der Waals surface area contributed by atoms with Crippen molar-refractivity contribution in [3.8, 4) is 5.69 Å². The molecule has 4 rings (SSSR count). The average Bonchev–Trinajstić information content (AvgIpc) is 3.14. The maximum atomic E-state index is 12.7. The van der Waals surface area contributed by atoms with Gasteiger partial charge in [0.05, 0.1) is 16.4 Å². The van der Waals surface area contributed by atoms with E-state index in [1.54, 1.807) is 16.9 Å². The first-order valence-electron chi connectivity index (χ1n) is 10.5. The summed E-state index contributed by atoms with van der Waals surface area (Å²) in [5, 5.41) is 12.5. The molecule has 1 heterocycles. The SMILES string of the molecule is CCCCc1ccc(-n2nc3cc(Cl)c(NC(=O)c4cc(C)cc(C)c4)cc3n2)cc1.